The van der Waals surface area contributed by atoms with Gasteiger partial charge in [0.05, 0.1) is 0 Å². The van der Waals surface area contributed by atoms with Crippen LogP contribution in [0.3, 0.4) is 0 Å². The molecule has 0 radical (unpaired) electrons. The van der Waals surface area contributed by atoms with Crippen molar-refractivity contribution >= 4 is 0 Å². The summed E-state index contributed by atoms with van der Waals surface area (Å²) in [5.74, 6) is 0.835. The molecule has 1 rings (SSSR count). The van der Waals surface area contributed by atoms with Crippen molar-refractivity contribution in [1.29, 1.82) is 0 Å². The van der Waals surface area contributed by atoms with Gasteiger partial charge in [0.1, 0.15) is 0 Å². The molecule has 0 aromatic rings. The fraction of sp³-hybridized carbons (Fsp3) is 1.00. The Hall–Kier alpha value is -0.0800. The van der Waals surface area contributed by atoms with Crippen LogP contribution in [-0.4, -0.2) is 36.6 Å². The Kier molecular flexibility index (Phi) is 6.65. The third-order valence-electron chi connectivity index (χ3n) is 4.92. The van der Waals surface area contributed by atoms with Crippen LogP contribution in [0.4, 0.5) is 0 Å². The second kappa shape index (κ2) is 7.49. The van der Waals surface area contributed by atoms with Gasteiger partial charge >= 0.3 is 0 Å². The van der Waals surface area contributed by atoms with Crippen molar-refractivity contribution in [3.8, 4) is 0 Å². The second-order valence-corrected chi connectivity index (χ2v) is 6.57. The highest BCUT2D eigenvalue weighted by molar-refractivity contribution is 4.97. The van der Waals surface area contributed by atoms with E-state index in [0.717, 1.165) is 5.92 Å². The normalized spacial score (nSPS) is 22.3. The Morgan fingerprint density at radius 2 is 1.78 bits per heavy atom. The molecule has 0 spiro atoms. The van der Waals surface area contributed by atoms with Crippen LogP contribution in [0.2, 0.25) is 0 Å². The Morgan fingerprint density at radius 1 is 1.17 bits per heavy atom. The fourth-order valence-corrected chi connectivity index (χ4v) is 3.41. The molecule has 1 heterocycles. The van der Waals surface area contributed by atoms with E-state index < -0.39 is 0 Å². The molecule has 2 nitrogen and oxygen atoms in total. The van der Waals surface area contributed by atoms with Crippen LogP contribution >= 0.6 is 0 Å². The maximum atomic E-state index is 3.60. The molecule has 0 saturated carbocycles. The van der Waals surface area contributed by atoms with Gasteiger partial charge in [-0.2, -0.15) is 0 Å². The van der Waals surface area contributed by atoms with E-state index in [9.17, 15) is 0 Å². The van der Waals surface area contributed by atoms with Crippen LogP contribution in [0.5, 0.6) is 0 Å². The van der Waals surface area contributed by atoms with Crippen molar-refractivity contribution in [1.82, 2.24) is 10.2 Å². The molecular formula is C16H34N2. The number of nitrogens with zero attached hydrogens (tertiary/aromatic N) is 1. The first kappa shape index (κ1) is 16.0. The van der Waals surface area contributed by atoms with E-state index in [-0.39, 0.29) is 0 Å². The highest BCUT2D eigenvalue weighted by Crippen LogP contribution is 2.30. The molecule has 0 bridgehead atoms. The van der Waals surface area contributed by atoms with Gasteiger partial charge in [-0.15, -0.1) is 0 Å². The summed E-state index contributed by atoms with van der Waals surface area (Å²) in [5, 5.41) is 3.60. The SMILES string of the molecule is CCC(C)(C(CCCC(C)C)NC)N1CCCC1. The average Bonchev–Trinajstić information content (AvgIpc) is 2.87. The third-order valence-corrected chi connectivity index (χ3v) is 4.92. The lowest BCUT2D eigenvalue weighted by molar-refractivity contribution is 0.0821. The minimum absolute atomic E-state index is 0.349. The van der Waals surface area contributed by atoms with E-state index in [0.29, 0.717) is 11.6 Å². The van der Waals surface area contributed by atoms with Gasteiger partial charge in [-0.1, -0.05) is 33.6 Å². The molecule has 2 atom stereocenters. The largest absolute Gasteiger partial charge is 0.315 e. The maximum absolute atomic E-state index is 3.60. The van der Waals surface area contributed by atoms with Crippen LogP contribution in [0.1, 0.15) is 66.2 Å². The Bertz CT molecular complexity index is 221. The van der Waals surface area contributed by atoms with Crippen LogP contribution in [0, 0.1) is 5.92 Å². The van der Waals surface area contributed by atoms with E-state index in [2.05, 4.69) is 45.0 Å². The summed E-state index contributed by atoms with van der Waals surface area (Å²) in [6.07, 6.45) is 8.05. The van der Waals surface area contributed by atoms with Crippen LogP contribution in [0.15, 0.2) is 0 Å². The van der Waals surface area contributed by atoms with Crippen molar-refractivity contribution in [2.24, 2.45) is 5.92 Å². The first-order valence-corrected chi connectivity index (χ1v) is 7.97. The van der Waals surface area contributed by atoms with Gasteiger partial charge in [-0.05, 0) is 58.7 Å². The topological polar surface area (TPSA) is 15.3 Å². The van der Waals surface area contributed by atoms with Gasteiger partial charge < -0.3 is 5.32 Å². The van der Waals surface area contributed by atoms with Gasteiger partial charge in [-0.3, -0.25) is 4.90 Å². The van der Waals surface area contributed by atoms with Crippen LogP contribution in [0.25, 0.3) is 0 Å². The lowest BCUT2D eigenvalue weighted by Gasteiger charge is -2.44. The average molecular weight is 254 g/mol. The summed E-state index contributed by atoms with van der Waals surface area (Å²) in [7, 11) is 2.14. The van der Waals surface area contributed by atoms with E-state index in [4.69, 9.17) is 0 Å². The van der Waals surface area contributed by atoms with E-state index in [1.54, 1.807) is 0 Å². The zero-order chi connectivity index (χ0) is 13.6. The van der Waals surface area contributed by atoms with Crippen molar-refractivity contribution in [3.63, 3.8) is 0 Å². The number of nitrogens with one attached hydrogen (secondary N) is 1. The van der Waals surface area contributed by atoms with Crippen LogP contribution < -0.4 is 5.32 Å². The molecule has 1 aliphatic heterocycles. The highest BCUT2D eigenvalue weighted by atomic mass is 15.2. The predicted molar refractivity (Wildman–Crippen MR) is 81.0 cm³/mol. The Balaban J connectivity index is 2.57. The van der Waals surface area contributed by atoms with Gasteiger partial charge in [-0.25, -0.2) is 0 Å². The molecule has 0 aromatic heterocycles. The molecule has 1 fully saturated rings. The highest BCUT2D eigenvalue weighted by Gasteiger charge is 2.38. The van der Waals surface area contributed by atoms with Crippen molar-refractivity contribution in [3.05, 3.63) is 0 Å². The molecule has 108 valence electrons. The minimum atomic E-state index is 0.349. The zero-order valence-electron chi connectivity index (χ0n) is 13.3. The summed E-state index contributed by atoms with van der Waals surface area (Å²) in [6.45, 7) is 12.1. The summed E-state index contributed by atoms with van der Waals surface area (Å²) >= 11 is 0. The van der Waals surface area contributed by atoms with Gasteiger partial charge in [0.25, 0.3) is 0 Å². The fourth-order valence-electron chi connectivity index (χ4n) is 3.41. The van der Waals surface area contributed by atoms with E-state index in [1.165, 1.54) is 51.6 Å². The lowest BCUT2D eigenvalue weighted by atomic mass is 9.84. The zero-order valence-corrected chi connectivity index (χ0v) is 13.3. The number of hydrogen-bond donors (Lipinski definition) is 1. The summed E-state index contributed by atoms with van der Waals surface area (Å²) in [4.78, 5) is 2.73. The molecule has 0 amide bonds. The molecule has 1 aliphatic rings. The maximum Gasteiger partial charge on any atom is 0.0331 e. The molecular weight excluding hydrogens is 220 g/mol. The predicted octanol–water partition coefficient (Wildman–Crippen LogP) is 3.67. The molecule has 18 heavy (non-hydrogen) atoms. The number of likely N-dealkylation sites (N-methyl/N-ethyl adjacent to an activating group) is 1. The monoisotopic (exact) mass is 254 g/mol. The molecule has 1 N–H and O–H groups in total. The standard InChI is InChI=1S/C16H34N2/c1-6-16(4,18-12-7-8-13-18)15(17-5)11-9-10-14(2)3/h14-15,17H,6-13H2,1-5H3. The lowest BCUT2D eigenvalue weighted by Crippen LogP contribution is -2.57. The van der Waals surface area contributed by atoms with Gasteiger partial charge in [0.2, 0.25) is 0 Å². The summed E-state index contributed by atoms with van der Waals surface area (Å²) in [6, 6.07) is 0.638. The first-order chi connectivity index (χ1) is 8.54. The van der Waals surface area contributed by atoms with Crippen molar-refractivity contribution in [2.45, 2.75) is 77.8 Å². The van der Waals surface area contributed by atoms with E-state index >= 15 is 0 Å². The summed E-state index contributed by atoms with van der Waals surface area (Å²) < 4.78 is 0. The third kappa shape index (κ3) is 3.96. The Labute approximate surface area is 115 Å². The van der Waals surface area contributed by atoms with Gasteiger partial charge in [0, 0.05) is 11.6 Å². The number of hydrogen-bond acceptors (Lipinski definition) is 2. The number of likely N-dealkylation sites (tertiary alicyclic amines) is 1. The second-order valence-electron chi connectivity index (χ2n) is 6.57. The smallest absolute Gasteiger partial charge is 0.0331 e. The van der Waals surface area contributed by atoms with E-state index in [1.807, 2.05) is 0 Å². The molecule has 2 unspecified atom stereocenters. The number of rotatable bonds is 8. The summed E-state index contributed by atoms with van der Waals surface area (Å²) in [5.41, 5.74) is 0.349. The molecule has 0 aliphatic carbocycles. The van der Waals surface area contributed by atoms with Crippen molar-refractivity contribution in [2.75, 3.05) is 20.1 Å². The first-order valence-electron chi connectivity index (χ1n) is 7.97. The molecule has 1 saturated heterocycles. The molecule has 0 aromatic carbocycles. The quantitative estimate of drug-likeness (QED) is 0.711. The molecule has 2 heteroatoms. The minimum Gasteiger partial charge on any atom is -0.315 e. The van der Waals surface area contributed by atoms with Gasteiger partial charge in [0.15, 0.2) is 0 Å². The van der Waals surface area contributed by atoms with Crippen LogP contribution in [-0.2, 0) is 0 Å². The Morgan fingerprint density at radius 3 is 2.22 bits per heavy atom. The van der Waals surface area contributed by atoms with Crippen molar-refractivity contribution < 1.29 is 0 Å².